The first-order valence-electron chi connectivity index (χ1n) is 6.47. The second-order valence-electron chi connectivity index (χ2n) is 4.06. The van der Waals surface area contributed by atoms with Gasteiger partial charge in [0.2, 0.25) is 0 Å². The number of rotatable bonds is 3. The highest BCUT2D eigenvalue weighted by Gasteiger charge is 1.90. The maximum absolute atomic E-state index is 8.57. The number of unbranched alkanes of at least 4 members (excludes halogenated alkanes) is 2. The van der Waals surface area contributed by atoms with Gasteiger partial charge in [0.15, 0.2) is 0 Å². The predicted molar refractivity (Wildman–Crippen MR) is 79.1 cm³/mol. The van der Waals surface area contributed by atoms with Crippen LogP contribution in [-0.2, 0) is 6.42 Å². The molecule has 1 heteroatoms. The van der Waals surface area contributed by atoms with Crippen LogP contribution in [0.2, 0.25) is 0 Å². The molecule has 1 aromatic rings. The summed E-state index contributed by atoms with van der Waals surface area (Å²) in [6.45, 7) is 2.16. The summed E-state index contributed by atoms with van der Waals surface area (Å²) in [6, 6.07) is 9.85. The Morgan fingerprint density at radius 1 is 1.11 bits per heavy atom. The van der Waals surface area contributed by atoms with E-state index in [1.807, 2.05) is 24.3 Å². The molecule has 0 heterocycles. The monoisotopic (exact) mass is 247 g/mol. The number of nitrogens with zero attached hydrogens (tertiary/aromatic N) is 1. The Morgan fingerprint density at radius 3 is 2.53 bits per heavy atom. The van der Waals surface area contributed by atoms with Gasteiger partial charge in [-0.3, -0.25) is 0 Å². The quantitative estimate of drug-likeness (QED) is 0.588. The fourth-order valence-electron chi connectivity index (χ4n) is 1.40. The van der Waals surface area contributed by atoms with E-state index in [2.05, 4.69) is 36.7 Å². The summed E-state index contributed by atoms with van der Waals surface area (Å²) in [5, 5.41) is 8.57. The fraction of sp³-hybridized carbons (Fsp3) is 0.278. The zero-order chi connectivity index (χ0) is 13.8. The molecule has 0 fully saturated rings. The molecular formula is C18H17N. The molecule has 0 atom stereocenters. The van der Waals surface area contributed by atoms with Crippen molar-refractivity contribution in [2.24, 2.45) is 0 Å². The highest BCUT2D eigenvalue weighted by Crippen LogP contribution is 2.03. The molecule has 0 saturated heterocycles. The minimum atomic E-state index is 0.445. The largest absolute Gasteiger partial charge is 0.198 e. The van der Waals surface area contributed by atoms with Gasteiger partial charge in [-0.25, -0.2) is 0 Å². The number of hydrogen-bond acceptors (Lipinski definition) is 1. The molecule has 19 heavy (non-hydrogen) atoms. The summed E-state index contributed by atoms with van der Waals surface area (Å²) >= 11 is 0. The van der Waals surface area contributed by atoms with Gasteiger partial charge in [0.05, 0.1) is 12.5 Å². The van der Waals surface area contributed by atoms with E-state index in [9.17, 15) is 0 Å². The zero-order valence-corrected chi connectivity index (χ0v) is 11.2. The Bertz CT molecular complexity index is 563. The second kappa shape index (κ2) is 9.58. The van der Waals surface area contributed by atoms with Crippen molar-refractivity contribution in [1.82, 2.24) is 0 Å². The lowest BCUT2D eigenvalue weighted by Crippen LogP contribution is -1.81. The molecule has 0 radical (unpaired) electrons. The summed E-state index contributed by atoms with van der Waals surface area (Å²) in [7, 11) is 0. The first kappa shape index (κ1) is 14.6. The Morgan fingerprint density at radius 2 is 1.84 bits per heavy atom. The van der Waals surface area contributed by atoms with Crippen molar-refractivity contribution in [3.8, 4) is 29.8 Å². The summed E-state index contributed by atoms with van der Waals surface area (Å²) in [5.74, 6) is 12.0. The first-order valence-corrected chi connectivity index (χ1v) is 6.47. The normalized spacial score (nSPS) is 9.05. The lowest BCUT2D eigenvalue weighted by Gasteiger charge is -1.93. The van der Waals surface area contributed by atoms with E-state index in [0.717, 1.165) is 24.0 Å². The van der Waals surface area contributed by atoms with Crippen molar-refractivity contribution < 1.29 is 0 Å². The van der Waals surface area contributed by atoms with Crippen LogP contribution in [0, 0.1) is 35.0 Å². The molecule has 0 aliphatic heterocycles. The molecule has 0 spiro atoms. The van der Waals surface area contributed by atoms with Crippen molar-refractivity contribution in [2.75, 3.05) is 0 Å². The highest BCUT2D eigenvalue weighted by atomic mass is 14.2. The van der Waals surface area contributed by atoms with Crippen molar-refractivity contribution in [3.63, 3.8) is 0 Å². The standard InChI is InChI=1S/C18H17N/c1-2-3-4-5-6-7-8-9-10-17-11-13-18(14-12-17)15-16-19/h7-8,11-14H,2-4,15H2,1H3. The van der Waals surface area contributed by atoms with E-state index < -0.39 is 0 Å². The van der Waals surface area contributed by atoms with Crippen molar-refractivity contribution in [1.29, 1.82) is 5.26 Å². The minimum absolute atomic E-state index is 0.445. The van der Waals surface area contributed by atoms with Gasteiger partial charge in [-0.15, -0.1) is 0 Å². The molecule has 0 amide bonds. The average molecular weight is 247 g/mol. The van der Waals surface area contributed by atoms with Crippen molar-refractivity contribution in [3.05, 3.63) is 47.5 Å². The van der Waals surface area contributed by atoms with E-state index in [-0.39, 0.29) is 0 Å². The lowest BCUT2D eigenvalue weighted by molar-refractivity contribution is 0.828. The van der Waals surface area contributed by atoms with Crippen LogP contribution in [-0.4, -0.2) is 0 Å². The Hall–Kier alpha value is -2.43. The van der Waals surface area contributed by atoms with Crippen LogP contribution in [0.3, 0.4) is 0 Å². The van der Waals surface area contributed by atoms with Gasteiger partial charge in [-0.1, -0.05) is 49.2 Å². The number of nitriles is 1. The Balaban J connectivity index is 2.47. The molecule has 0 N–H and O–H groups in total. The molecule has 0 saturated carbocycles. The third kappa shape index (κ3) is 6.78. The summed E-state index contributed by atoms with van der Waals surface area (Å²) in [5.41, 5.74) is 1.97. The Labute approximate surface area is 116 Å². The van der Waals surface area contributed by atoms with Gasteiger partial charge in [0.25, 0.3) is 0 Å². The number of benzene rings is 1. The molecule has 1 rings (SSSR count). The van der Waals surface area contributed by atoms with Gasteiger partial charge in [0.1, 0.15) is 0 Å². The third-order valence-electron chi connectivity index (χ3n) is 2.46. The first-order chi connectivity index (χ1) is 9.36. The molecule has 0 aromatic heterocycles. The molecule has 1 aromatic carbocycles. The van der Waals surface area contributed by atoms with Crippen molar-refractivity contribution >= 4 is 0 Å². The van der Waals surface area contributed by atoms with Crippen LogP contribution in [0.5, 0.6) is 0 Å². The maximum Gasteiger partial charge on any atom is 0.0669 e. The molecule has 0 bridgehead atoms. The van der Waals surface area contributed by atoms with E-state index in [4.69, 9.17) is 5.26 Å². The van der Waals surface area contributed by atoms with Crippen LogP contribution >= 0.6 is 0 Å². The lowest BCUT2D eigenvalue weighted by atomic mass is 10.1. The van der Waals surface area contributed by atoms with Gasteiger partial charge in [0, 0.05) is 12.0 Å². The fourth-order valence-corrected chi connectivity index (χ4v) is 1.40. The van der Waals surface area contributed by atoms with Gasteiger partial charge >= 0.3 is 0 Å². The molecule has 0 aliphatic carbocycles. The van der Waals surface area contributed by atoms with E-state index in [0.29, 0.717) is 6.42 Å². The smallest absolute Gasteiger partial charge is 0.0669 e. The Kier molecular flexibility index (Phi) is 7.38. The third-order valence-corrected chi connectivity index (χ3v) is 2.46. The van der Waals surface area contributed by atoms with Gasteiger partial charge < -0.3 is 0 Å². The van der Waals surface area contributed by atoms with Gasteiger partial charge in [-0.05, 0) is 36.3 Å². The molecule has 0 aliphatic rings. The zero-order valence-electron chi connectivity index (χ0n) is 11.2. The van der Waals surface area contributed by atoms with E-state index in [1.54, 1.807) is 12.2 Å². The predicted octanol–water partition coefficient (Wildman–Crippen LogP) is 3.85. The average Bonchev–Trinajstić information content (AvgIpc) is 2.44. The van der Waals surface area contributed by atoms with Crippen LogP contribution < -0.4 is 0 Å². The molecule has 94 valence electrons. The molecule has 0 unspecified atom stereocenters. The minimum Gasteiger partial charge on any atom is -0.198 e. The summed E-state index contributed by atoms with van der Waals surface area (Å²) in [6.07, 6.45) is 7.28. The van der Waals surface area contributed by atoms with Crippen LogP contribution in [0.25, 0.3) is 0 Å². The van der Waals surface area contributed by atoms with E-state index in [1.165, 1.54) is 6.42 Å². The molecular weight excluding hydrogens is 230 g/mol. The topological polar surface area (TPSA) is 23.8 Å². The second-order valence-corrected chi connectivity index (χ2v) is 4.06. The maximum atomic E-state index is 8.57. The van der Waals surface area contributed by atoms with Gasteiger partial charge in [-0.2, -0.15) is 5.26 Å². The van der Waals surface area contributed by atoms with Crippen LogP contribution in [0.1, 0.15) is 37.3 Å². The number of allylic oxidation sites excluding steroid dienone is 2. The summed E-state index contributed by atoms with van der Waals surface area (Å²) in [4.78, 5) is 0. The van der Waals surface area contributed by atoms with Crippen molar-refractivity contribution in [2.45, 2.75) is 32.6 Å². The summed E-state index contributed by atoms with van der Waals surface area (Å²) < 4.78 is 0. The molecule has 1 nitrogen and oxygen atoms in total. The van der Waals surface area contributed by atoms with Crippen LogP contribution in [0.4, 0.5) is 0 Å². The van der Waals surface area contributed by atoms with Crippen LogP contribution in [0.15, 0.2) is 36.4 Å². The SMILES string of the molecule is CCCCC#CC=CC#Cc1ccc(CC#N)cc1. The highest BCUT2D eigenvalue weighted by molar-refractivity contribution is 5.39. The number of hydrogen-bond donors (Lipinski definition) is 0. The van der Waals surface area contributed by atoms with E-state index >= 15 is 0 Å².